The van der Waals surface area contributed by atoms with Crippen molar-refractivity contribution in [3.05, 3.63) is 35.9 Å². The minimum Gasteiger partial charge on any atom is -0.379 e. The topological polar surface area (TPSA) is 79.4 Å². The van der Waals surface area contributed by atoms with Gasteiger partial charge in [0.2, 0.25) is 11.0 Å². The zero-order valence-corrected chi connectivity index (χ0v) is 20.2. The fourth-order valence-electron chi connectivity index (χ4n) is 4.59. The minimum atomic E-state index is 0.0713. The Bertz CT molecular complexity index is 836. The lowest BCUT2D eigenvalue weighted by Crippen LogP contribution is -2.59. The summed E-state index contributed by atoms with van der Waals surface area (Å²) in [6.07, 6.45) is 7.05. The number of hydrogen-bond acceptors (Lipinski definition) is 8. The molecule has 2 aliphatic rings. The third-order valence-corrected chi connectivity index (χ3v) is 8.36. The minimum absolute atomic E-state index is 0.0713. The highest BCUT2D eigenvalue weighted by Crippen LogP contribution is 2.34. The van der Waals surface area contributed by atoms with E-state index in [1.807, 2.05) is 6.07 Å². The number of nitrogens with zero attached hydrogens (tertiary/aromatic N) is 3. The number of thioether (sulfide) groups is 1. The van der Waals surface area contributed by atoms with Crippen LogP contribution < -0.4 is 10.6 Å². The summed E-state index contributed by atoms with van der Waals surface area (Å²) in [5.41, 5.74) is 1.39. The second kappa shape index (κ2) is 12.0. The van der Waals surface area contributed by atoms with E-state index in [-0.39, 0.29) is 11.4 Å². The monoisotopic (exact) mass is 475 g/mol. The Morgan fingerprint density at radius 2 is 1.91 bits per heavy atom. The van der Waals surface area contributed by atoms with Crippen LogP contribution in [0.3, 0.4) is 0 Å². The third-order valence-electron chi connectivity index (χ3n) is 6.35. The Morgan fingerprint density at radius 1 is 1.12 bits per heavy atom. The summed E-state index contributed by atoms with van der Waals surface area (Å²) in [7, 11) is 0. The first-order valence-electron chi connectivity index (χ1n) is 11.6. The Labute approximate surface area is 198 Å². The molecule has 0 bridgehead atoms. The van der Waals surface area contributed by atoms with Crippen molar-refractivity contribution in [1.29, 1.82) is 0 Å². The maximum Gasteiger partial charge on any atom is 0.230 e. The van der Waals surface area contributed by atoms with Crippen LogP contribution in [-0.4, -0.2) is 71.7 Å². The molecule has 1 aromatic heterocycles. The van der Waals surface area contributed by atoms with Crippen LogP contribution in [0.15, 0.2) is 34.7 Å². The van der Waals surface area contributed by atoms with E-state index in [1.165, 1.54) is 47.9 Å². The van der Waals surface area contributed by atoms with E-state index < -0.39 is 0 Å². The predicted molar refractivity (Wildman–Crippen MR) is 130 cm³/mol. The normalized spacial score (nSPS) is 18.9. The number of benzene rings is 1. The highest BCUT2D eigenvalue weighted by molar-refractivity contribution is 8.01. The molecule has 2 aromatic rings. The van der Waals surface area contributed by atoms with Gasteiger partial charge in [-0.3, -0.25) is 9.69 Å². The molecule has 1 aromatic carbocycles. The summed E-state index contributed by atoms with van der Waals surface area (Å²) in [6, 6.07) is 10.4. The van der Waals surface area contributed by atoms with Crippen LogP contribution in [0.5, 0.6) is 0 Å². The van der Waals surface area contributed by atoms with Crippen molar-refractivity contribution in [2.75, 3.05) is 50.5 Å². The second-order valence-electron chi connectivity index (χ2n) is 8.49. The summed E-state index contributed by atoms with van der Waals surface area (Å²) in [6.45, 7) is 5.07. The summed E-state index contributed by atoms with van der Waals surface area (Å²) in [5, 5.41) is 15.8. The van der Waals surface area contributed by atoms with Crippen LogP contribution in [0.2, 0.25) is 0 Å². The van der Waals surface area contributed by atoms with Gasteiger partial charge >= 0.3 is 0 Å². The Morgan fingerprint density at radius 3 is 2.69 bits per heavy atom. The van der Waals surface area contributed by atoms with Crippen molar-refractivity contribution >= 4 is 34.1 Å². The molecule has 2 heterocycles. The van der Waals surface area contributed by atoms with Crippen molar-refractivity contribution < 1.29 is 9.53 Å². The molecule has 1 amide bonds. The van der Waals surface area contributed by atoms with Crippen molar-refractivity contribution in [3.8, 4) is 0 Å². The van der Waals surface area contributed by atoms with Gasteiger partial charge in [-0.15, -0.1) is 10.2 Å². The first-order chi connectivity index (χ1) is 15.7. The number of rotatable bonds is 10. The Kier molecular flexibility index (Phi) is 8.78. The number of aromatic nitrogens is 2. The molecule has 2 fully saturated rings. The number of carbonyl (C=O) groups excluding carboxylic acids is 1. The molecular weight excluding hydrogens is 442 g/mol. The van der Waals surface area contributed by atoms with E-state index in [2.05, 4.69) is 50.0 Å². The molecule has 1 aliphatic heterocycles. The lowest BCUT2D eigenvalue weighted by molar-refractivity contribution is -0.119. The SMILES string of the molecule is O=C(CSc1nnc(NCCc2ccccc2)s1)NCC1(N2CCOCC2)CCCCC1. The third kappa shape index (κ3) is 6.66. The number of morpholine rings is 1. The van der Waals surface area contributed by atoms with Crippen molar-refractivity contribution in [3.63, 3.8) is 0 Å². The van der Waals surface area contributed by atoms with E-state index in [4.69, 9.17) is 4.74 Å². The summed E-state index contributed by atoms with van der Waals surface area (Å²) in [4.78, 5) is 15.1. The van der Waals surface area contributed by atoms with Crippen LogP contribution in [0.4, 0.5) is 5.13 Å². The molecule has 7 nitrogen and oxygen atoms in total. The van der Waals surface area contributed by atoms with E-state index in [0.717, 1.165) is 68.1 Å². The van der Waals surface area contributed by atoms with Crippen molar-refractivity contribution in [2.24, 2.45) is 0 Å². The average molecular weight is 476 g/mol. The van der Waals surface area contributed by atoms with Crippen LogP contribution in [0.1, 0.15) is 37.7 Å². The van der Waals surface area contributed by atoms with Gasteiger partial charge in [0.1, 0.15) is 0 Å². The molecular formula is C23H33N5O2S2. The highest BCUT2D eigenvalue weighted by Gasteiger charge is 2.38. The summed E-state index contributed by atoms with van der Waals surface area (Å²) >= 11 is 2.97. The maximum absolute atomic E-state index is 12.6. The number of anilines is 1. The van der Waals surface area contributed by atoms with Crippen LogP contribution in [0, 0.1) is 0 Å². The van der Waals surface area contributed by atoms with E-state index >= 15 is 0 Å². The lowest BCUT2D eigenvalue weighted by atomic mass is 9.79. The van der Waals surface area contributed by atoms with Crippen LogP contribution in [-0.2, 0) is 16.0 Å². The molecule has 9 heteroatoms. The molecule has 4 rings (SSSR count). The molecule has 0 radical (unpaired) electrons. The van der Waals surface area contributed by atoms with Crippen LogP contribution in [0.25, 0.3) is 0 Å². The molecule has 1 saturated heterocycles. The van der Waals surface area contributed by atoms with Crippen LogP contribution >= 0.6 is 23.1 Å². The van der Waals surface area contributed by atoms with E-state index in [9.17, 15) is 4.79 Å². The molecule has 32 heavy (non-hydrogen) atoms. The Hall–Kier alpha value is -1.68. The largest absolute Gasteiger partial charge is 0.379 e. The smallest absolute Gasteiger partial charge is 0.230 e. The van der Waals surface area contributed by atoms with Crippen molar-refractivity contribution in [2.45, 2.75) is 48.4 Å². The van der Waals surface area contributed by atoms with Gasteiger partial charge < -0.3 is 15.4 Å². The molecule has 174 valence electrons. The molecule has 1 aliphatic carbocycles. The van der Waals surface area contributed by atoms with E-state index in [1.54, 1.807) is 0 Å². The first kappa shape index (κ1) is 23.5. The van der Waals surface area contributed by atoms with E-state index in [0.29, 0.717) is 5.75 Å². The number of carbonyl (C=O) groups is 1. The highest BCUT2D eigenvalue weighted by atomic mass is 32.2. The van der Waals surface area contributed by atoms with Gasteiger partial charge in [0.05, 0.1) is 19.0 Å². The van der Waals surface area contributed by atoms with Crippen molar-refractivity contribution in [1.82, 2.24) is 20.4 Å². The average Bonchev–Trinajstić information content (AvgIpc) is 3.31. The Balaban J connectivity index is 1.20. The van der Waals surface area contributed by atoms with Gasteiger partial charge in [0, 0.05) is 31.7 Å². The second-order valence-corrected chi connectivity index (χ2v) is 10.7. The molecule has 1 saturated carbocycles. The van der Waals surface area contributed by atoms with Gasteiger partial charge in [-0.2, -0.15) is 0 Å². The van der Waals surface area contributed by atoms with Gasteiger partial charge in [0.25, 0.3) is 0 Å². The maximum atomic E-state index is 12.6. The zero-order chi connectivity index (χ0) is 22.1. The summed E-state index contributed by atoms with van der Waals surface area (Å²) < 4.78 is 6.37. The zero-order valence-electron chi connectivity index (χ0n) is 18.6. The van der Waals surface area contributed by atoms with Gasteiger partial charge in [-0.1, -0.05) is 72.7 Å². The first-order valence-corrected chi connectivity index (χ1v) is 13.4. The molecule has 0 unspecified atom stereocenters. The van der Waals surface area contributed by atoms with Gasteiger partial charge in [0.15, 0.2) is 4.34 Å². The number of ether oxygens (including phenoxy) is 1. The quantitative estimate of drug-likeness (QED) is 0.510. The standard InChI is InChI=1S/C23H33N5O2S2/c29-20(25-18-23(10-5-2-6-11-23)28-13-15-30-16-14-28)17-31-22-27-26-21(32-22)24-12-9-19-7-3-1-4-8-19/h1,3-4,7-8H,2,5-6,9-18H2,(H,24,26)(H,25,29). The lowest BCUT2D eigenvalue weighted by Gasteiger charge is -2.48. The molecule has 2 N–H and O–H groups in total. The fourth-order valence-corrected chi connectivity index (χ4v) is 6.20. The van der Waals surface area contributed by atoms with Gasteiger partial charge in [-0.25, -0.2) is 0 Å². The number of hydrogen-bond donors (Lipinski definition) is 2. The van der Waals surface area contributed by atoms with Gasteiger partial charge in [-0.05, 0) is 24.8 Å². The fraction of sp³-hybridized carbons (Fsp3) is 0.609. The molecule has 0 atom stereocenters. The molecule has 0 spiro atoms. The predicted octanol–water partition coefficient (Wildman–Crippen LogP) is 3.44. The number of amides is 1. The summed E-state index contributed by atoms with van der Waals surface area (Å²) in [5.74, 6) is 0.444. The number of nitrogens with one attached hydrogen (secondary N) is 2.